The van der Waals surface area contributed by atoms with Crippen molar-refractivity contribution in [3.05, 3.63) is 18.2 Å². The summed E-state index contributed by atoms with van der Waals surface area (Å²) >= 11 is 0. The van der Waals surface area contributed by atoms with Gasteiger partial charge in [0.25, 0.3) is 0 Å². The highest BCUT2D eigenvalue weighted by Gasteiger charge is 2.57. The lowest BCUT2D eigenvalue weighted by atomic mass is 9.67. The zero-order valence-electron chi connectivity index (χ0n) is 17.8. The van der Waals surface area contributed by atoms with Gasteiger partial charge in [0.15, 0.2) is 5.96 Å². The Morgan fingerprint density at radius 3 is 2.53 bits per heavy atom. The minimum Gasteiger partial charge on any atom is -0.385 e. The summed E-state index contributed by atoms with van der Waals surface area (Å²) in [6.45, 7) is 3.62. The van der Waals surface area contributed by atoms with E-state index in [1.54, 1.807) is 7.11 Å². The first kappa shape index (κ1) is 27.0. The number of aromatic nitrogens is 2. The van der Waals surface area contributed by atoms with Crippen molar-refractivity contribution in [1.82, 2.24) is 20.2 Å². The minimum absolute atomic E-state index is 0. The average Bonchev–Trinajstić information content (AvgIpc) is 3.05. The summed E-state index contributed by atoms with van der Waals surface area (Å²) in [6, 6.07) is 0. The lowest BCUT2D eigenvalue weighted by molar-refractivity contribution is -0.272. The molecule has 0 saturated heterocycles. The molecule has 1 saturated carbocycles. The van der Waals surface area contributed by atoms with E-state index in [0.717, 1.165) is 25.7 Å². The quantitative estimate of drug-likeness (QED) is 0.239. The molecule has 0 amide bonds. The molecule has 1 heterocycles. The van der Waals surface area contributed by atoms with Gasteiger partial charge in [-0.25, -0.2) is 4.98 Å². The molecule has 0 aromatic carbocycles. The van der Waals surface area contributed by atoms with Gasteiger partial charge in [0, 0.05) is 59.2 Å². The summed E-state index contributed by atoms with van der Waals surface area (Å²) in [5, 5.41) is 16.4. The van der Waals surface area contributed by atoms with E-state index in [4.69, 9.17) is 4.74 Å². The van der Waals surface area contributed by atoms with Crippen molar-refractivity contribution < 1.29 is 23.0 Å². The molecule has 1 fully saturated rings. The van der Waals surface area contributed by atoms with E-state index in [1.807, 2.05) is 6.92 Å². The van der Waals surface area contributed by atoms with Crippen LogP contribution in [0.4, 0.5) is 13.2 Å². The molecular weight excluding hydrogens is 514 g/mol. The van der Waals surface area contributed by atoms with E-state index in [1.165, 1.54) is 24.0 Å². The SMILES string of the molecule is CCNC(=NCC1(CCOC)CCC1)NCCC(O)(c1nccn1C)C(F)(F)F.I. The van der Waals surface area contributed by atoms with E-state index in [2.05, 4.69) is 20.6 Å². The summed E-state index contributed by atoms with van der Waals surface area (Å²) in [6.07, 6.45) is 1.41. The lowest BCUT2D eigenvalue weighted by Gasteiger charge is -2.40. The van der Waals surface area contributed by atoms with E-state index in [9.17, 15) is 18.3 Å². The van der Waals surface area contributed by atoms with E-state index in [-0.39, 0.29) is 35.9 Å². The molecule has 2 rings (SSSR count). The third-order valence-electron chi connectivity index (χ3n) is 5.61. The number of ether oxygens (including phenoxy) is 1. The molecule has 11 heteroatoms. The van der Waals surface area contributed by atoms with Crippen LogP contribution in [0.2, 0.25) is 0 Å². The Bertz CT molecular complexity index is 679. The van der Waals surface area contributed by atoms with Crippen LogP contribution >= 0.6 is 24.0 Å². The number of hydrogen-bond donors (Lipinski definition) is 3. The second-order valence-electron chi connectivity index (χ2n) is 7.69. The lowest BCUT2D eigenvalue weighted by Crippen LogP contribution is -2.48. The number of halogens is 4. The third kappa shape index (κ3) is 6.46. The van der Waals surface area contributed by atoms with Crippen molar-refractivity contribution in [3.8, 4) is 0 Å². The molecule has 1 aliphatic rings. The number of nitrogens with one attached hydrogen (secondary N) is 2. The van der Waals surface area contributed by atoms with Gasteiger partial charge in [0.2, 0.25) is 5.60 Å². The van der Waals surface area contributed by atoms with Crippen molar-refractivity contribution in [3.63, 3.8) is 0 Å². The van der Waals surface area contributed by atoms with E-state index < -0.39 is 24.0 Å². The van der Waals surface area contributed by atoms with Gasteiger partial charge in [-0.15, -0.1) is 24.0 Å². The van der Waals surface area contributed by atoms with Crippen molar-refractivity contribution in [1.29, 1.82) is 0 Å². The molecule has 0 radical (unpaired) electrons. The van der Waals surface area contributed by atoms with Gasteiger partial charge in [-0.3, -0.25) is 4.99 Å². The third-order valence-corrected chi connectivity index (χ3v) is 5.61. The Hall–Kier alpha value is -1.08. The maximum Gasteiger partial charge on any atom is 0.424 e. The van der Waals surface area contributed by atoms with Gasteiger partial charge in [0.1, 0.15) is 5.82 Å². The molecule has 1 unspecified atom stereocenters. The standard InChI is InChI=1S/C19H32F3N5O2.HI/c1-4-23-16(26-14-17(6-5-7-17)9-13-29-3)25-10-8-18(28,19(20,21)22)15-24-11-12-27(15)2;/h11-12,28H,4-10,13-14H2,1-3H3,(H2,23,25,26);1H. The van der Waals surface area contributed by atoms with Gasteiger partial charge in [0.05, 0.1) is 0 Å². The monoisotopic (exact) mass is 547 g/mol. The molecule has 3 N–H and O–H groups in total. The van der Waals surface area contributed by atoms with Gasteiger partial charge < -0.3 is 25.0 Å². The summed E-state index contributed by atoms with van der Waals surface area (Å²) in [4.78, 5) is 8.29. The Kier molecular flexibility index (Phi) is 10.3. The summed E-state index contributed by atoms with van der Waals surface area (Å²) in [7, 11) is 3.10. The molecule has 7 nitrogen and oxygen atoms in total. The fourth-order valence-corrected chi connectivity index (χ4v) is 3.58. The first-order valence-corrected chi connectivity index (χ1v) is 9.95. The van der Waals surface area contributed by atoms with Gasteiger partial charge in [-0.2, -0.15) is 13.2 Å². The Labute approximate surface area is 192 Å². The van der Waals surface area contributed by atoms with Crippen LogP contribution in [-0.2, 0) is 17.4 Å². The number of aliphatic imine (C=N–C) groups is 1. The highest BCUT2D eigenvalue weighted by molar-refractivity contribution is 14.0. The molecule has 30 heavy (non-hydrogen) atoms. The Balaban J connectivity index is 0.00000450. The van der Waals surface area contributed by atoms with Crippen LogP contribution in [0.5, 0.6) is 0 Å². The van der Waals surface area contributed by atoms with Crippen LogP contribution in [0.15, 0.2) is 17.4 Å². The Morgan fingerprint density at radius 1 is 1.37 bits per heavy atom. The number of nitrogens with zero attached hydrogens (tertiary/aromatic N) is 3. The van der Waals surface area contributed by atoms with Gasteiger partial charge >= 0.3 is 6.18 Å². The van der Waals surface area contributed by atoms with Crippen molar-refractivity contribution in [2.24, 2.45) is 17.5 Å². The number of alkyl halides is 3. The fourth-order valence-electron chi connectivity index (χ4n) is 3.58. The topological polar surface area (TPSA) is 83.7 Å². The summed E-state index contributed by atoms with van der Waals surface area (Å²) < 4.78 is 47.2. The molecule has 0 aliphatic heterocycles. The molecular formula is C19H33F3IN5O2. The molecule has 1 aliphatic carbocycles. The number of imidazole rings is 1. The Morgan fingerprint density at radius 2 is 2.07 bits per heavy atom. The highest BCUT2D eigenvalue weighted by Crippen LogP contribution is 2.44. The van der Waals surface area contributed by atoms with Crippen LogP contribution in [0.3, 0.4) is 0 Å². The minimum atomic E-state index is -4.85. The number of aliphatic hydroxyl groups is 1. The fraction of sp³-hybridized carbons (Fsp3) is 0.789. The van der Waals surface area contributed by atoms with Crippen LogP contribution in [-0.4, -0.2) is 60.1 Å². The first-order chi connectivity index (χ1) is 13.7. The molecule has 1 atom stereocenters. The number of rotatable bonds is 10. The van der Waals surface area contributed by atoms with E-state index in [0.29, 0.717) is 25.7 Å². The molecule has 0 spiro atoms. The predicted molar refractivity (Wildman–Crippen MR) is 120 cm³/mol. The maximum atomic E-state index is 13.6. The summed E-state index contributed by atoms with van der Waals surface area (Å²) in [5.41, 5.74) is -2.93. The molecule has 0 bridgehead atoms. The van der Waals surface area contributed by atoms with Gasteiger partial charge in [-0.1, -0.05) is 6.42 Å². The molecule has 1 aromatic heterocycles. The number of methoxy groups -OCH3 is 1. The summed E-state index contributed by atoms with van der Waals surface area (Å²) in [5.74, 6) is 0.0160. The second-order valence-corrected chi connectivity index (χ2v) is 7.69. The average molecular weight is 547 g/mol. The highest BCUT2D eigenvalue weighted by atomic mass is 127. The van der Waals surface area contributed by atoms with Crippen LogP contribution in [0, 0.1) is 5.41 Å². The predicted octanol–water partition coefficient (Wildman–Crippen LogP) is 2.94. The first-order valence-electron chi connectivity index (χ1n) is 9.95. The zero-order valence-corrected chi connectivity index (χ0v) is 20.1. The number of guanidine groups is 1. The zero-order chi connectivity index (χ0) is 21.5. The van der Waals surface area contributed by atoms with E-state index >= 15 is 0 Å². The molecule has 1 aromatic rings. The van der Waals surface area contributed by atoms with Crippen LogP contribution < -0.4 is 10.6 Å². The van der Waals surface area contributed by atoms with Gasteiger partial charge in [-0.05, 0) is 31.6 Å². The maximum absolute atomic E-state index is 13.6. The molecule has 174 valence electrons. The van der Waals surface area contributed by atoms with Crippen molar-refractivity contribution in [2.45, 2.75) is 50.8 Å². The van der Waals surface area contributed by atoms with Crippen molar-refractivity contribution >= 4 is 29.9 Å². The second kappa shape index (κ2) is 11.5. The largest absolute Gasteiger partial charge is 0.424 e. The van der Waals surface area contributed by atoms with Crippen molar-refractivity contribution in [2.75, 3.05) is 33.4 Å². The van der Waals surface area contributed by atoms with Crippen LogP contribution in [0.25, 0.3) is 0 Å². The number of hydrogen-bond acceptors (Lipinski definition) is 4. The smallest absolute Gasteiger partial charge is 0.385 e. The van der Waals surface area contributed by atoms with Crippen LogP contribution in [0.1, 0.15) is 44.9 Å². The normalized spacial score (nSPS) is 18.2. The number of aryl methyl sites for hydroxylation is 1.